The predicted octanol–water partition coefficient (Wildman–Crippen LogP) is 4.90. The lowest BCUT2D eigenvalue weighted by atomic mass is 10.2. The molecule has 3 aromatic rings. The fourth-order valence-electron chi connectivity index (χ4n) is 2.92. The molecule has 0 unspecified atom stereocenters. The number of nitrogens with zero attached hydrogens (tertiary/aromatic N) is 4. The molecule has 1 heterocycles. The molecule has 168 valence electrons. The van der Waals surface area contributed by atoms with Gasteiger partial charge in [-0.25, -0.2) is 0 Å². The van der Waals surface area contributed by atoms with Gasteiger partial charge in [-0.2, -0.15) is 0 Å². The van der Waals surface area contributed by atoms with Gasteiger partial charge in [-0.3, -0.25) is 14.9 Å². The van der Waals surface area contributed by atoms with Crippen LogP contribution in [0, 0.1) is 16.0 Å². The normalized spacial score (nSPS) is 10.9. The number of carbonyl (C=O) groups is 1. The van der Waals surface area contributed by atoms with Crippen LogP contribution in [0.3, 0.4) is 0 Å². The minimum Gasteiger partial charge on any atom is -0.497 e. The summed E-state index contributed by atoms with van der Waals surface area (Å²) in [6, 6.07) is 11.4. The van der Waals surface area contributed by atoms with E-state index in [2.05, 4.69) is 29.4 Å². The number of nitrogens with one attached hydrogen (secondary N) is 1. The lowest BCUT2D eigenvalue weighted by molar-refractivity contribution is -0.384. The Labute approximate surface area is 194 Å². The molecule has 0 fully saturated rings. The van der Waals surface area contributed by atoms with Crippen LogP contribution in [0.2, 0.25) is 5.02 Å². The molecule has 0 saturated carbocycles. The van der Waals surface area contributed by atoms with Crippen molar-refractivity contribution in [3.05, 3.63) is 57.6 Å². The maximum atomic E-state index is 12.5. The van der Waals surface area contributed by atoms with E-state index in [0.29, 0.717) is 23.4 Å². The zero-order valence-corrected chi connectivity index (χ0v) is 19.3. The smallest absolute Gasteiger partial charge is 0.271 e. The van der Waals surface area contributed by atoms with E-state index in [1.807, 2.05) is 28.8 Å². The lowest BCUT2D eigenvalue weighted by Gasteiger charge is -2.13. The Morgan fingerprint density at radius 3 is 2.59 bits per heavy atom. The number of halogens is 1. The molecule has 0 radical (unpaired) electrons. The second-order valence-corrected chi connectivity index (χ2v) is 8.65. The van der Waals surface area contributed by atoms with Gasteiger partial charge in [0.05, 0.1) is 28.5 Å². The molecule has 0 aliphatic rings. The number of amides is 1. The van der Waals surface area contributed by atoms with Crippen LogP contribution < -0.4 is 10.1 Å². The van der Waals surface area contributed by atoms with E-state index in [-0.39, 0.29) is 28.1 Å². The number of anilines is 1. The SMILES string of the molecule is COc1ccc(-c2nnc(SCC(=O)Nc3cc([N+](=O)[O-])ccc3Cl)n2CC(C)C)cc1. The van der Waals surface area contributed by atoms with Crippen LogP contribution in [-0.2, 0) is 11.3 Å². The van der Waals surface area contributed by atoms with Crippen molar-refractivity contribution in [3.63, 3.8) is 0 Å². The first-order valence-electron chi connectivity index (χ1n) is 9.72. The summed E-state index contributed by atoms with van der Waals surface area (Å²) in [5.41, 5.74) is 0.922. The number of aromatic nitrogens is 3. The first-order valence-corrected chi connectivity index (χ1v) is 11.1. The highest BCUT2D eigenvalue weighted by Gasteiger charge is 2.18. The molecule has 11 heteroatoms. The van der Waals surface area contributed by atoms with Crippen molar-refractivity contribution in [3.8, 4) is 17.1 Å². The van der Waals surface area contributed by atoms with E-state index in [0.717, 1.165) is 11.3 Å². The molecule has 1 amide bonds. The van der Waals surface area contributed by atoms with Gasteiger partial charge in [0.15, 0.2) is 11.0 Å². The summed E-state index contributed by atoms with van der Waals surface area (Å²) in [7, 11) is 1.61. The average molecular weight is 476 g/mol. The maximum Gasteiger partial charge on any atom is 0.271 e. The molecular formula is C21H22ClN5O4S. The summed E-state index contributed by atoms with van der Waals surface area (Å²) in [4.78, 5) is 22.9. The third-order valence-electron chi connectivity index (χ3n) is 4.38. The van der Waals surface area contributed by atoms with Gasteiger partial charge in [0.25, 0.3) is 5.69 Å². The van der Waals surface area contributed by atoms with Crippen LogP contribution in [-0.4, -0.2) is 38.5 Å². The second-order valence-electron chi connectivity index (χ2n) is 7.30. The number of rotatable bonds is 9. The van der Waals surface area contributed by atoms with Crippen LogP contribution in [0.4, 0.5) is 11.4 Å². The predicted molar refractivity (Wildman–Crippen MR) is 124 cm³/mol. The fourth-order valence-corrected chi connectivity index (χ4v) is 3.83. The first-order chi connectivity index (χ1) is 15.3. The van der Waals surface area contributed by atoms with Gasteiger partial charge in [0.1, 0.15) is 5.75 Å². The molecule has 1 N–H and O–H groups in total. The number of methoxy groups -OCH3 is 1. The molecule has 0 atom stereocenters. The number of ether oxygens (including phenoxy) is 1. The standard InChI is InChI=1S/C21H22ClN5O4S/c1-13(2)11-26-20(14-4-7-16(31-3)8-5-14)24-25-21(26)32-12-19(28)23-18-10-15(27(29)30)6-9-17(18)22/h4-10,13H,11-12H2,1-3H3,(H,23,28). The van der Waals surface area contributed by atoms with Crippen LogP contribution in [0.15, 0.2) is 47.6 Å². The Kier molecular flexibility index (Phi) is 7.70. The topological polar surface area (TPSA) is 112 Å². The molecule has 0 bridgehead atoms. The van der Waals surface area contributed by atoms with Crippen LogP contribution in [0.5, 0.6) is 5.75 Å². The number of hydrogen-bond donors (Lipinski definition) is 1. The van der Waals surface area contributed by atoms with Gasteiger partial charge in [0, 0.05) is 24.2 Å². The van der Waals surface area contributed by atoms with Crippen LogP contribution in [0.25, 0.3) is 11.4 Å². The van der Waals surface area contributed by atoms with Gasteiger partial charge in [-0.05, 0) is 36.2 Å². The fraction of sp³-hybridized carbons (Fsp3) is 0.286. The zero-order chi connectivity index (χ0) is 23.3. The Morgan fingerprint density at radius 1 is 1.25 bits per heavy atom. The van der Waals surface area contributed by atoms with E-state index in [1.54, 1.807) is 7.11 Å². The minimum atomic E-state index is -0.546. The van der Waals surface area contributed by atoms with E-state index in [1.165, 1.54) is 30.0 Å². The minimum absolute atomic E-state index is 0.0395. The van der Waals surface area contributed by atoms with Gasteiger partial charge in [-0.15, -0.1) is 10.2 Å². The molecular weight excluding hydrogens is 454 g/mol. The Balaban J connectivity index is 1.75. The molecule has 2 aromatic carbocycles. The van der Waals surface area contributed by atoms with Gasteiger partial charge in [0.2, 0.25) is 5.91 Å². The van der Waals surface area contributed by atoms with Crippen molar-refractivity contribution < 1.29 is 14.5 Å². The molecule has 32 heavy (non-hydrogen) atoms. The van der Waals surface area contributed by atoms with Crippen LogP contribution in [0.1, 0.15) is 13.8 Å². The Morgan fingerprint density at radius 2 is 1.97 bits per heavy atom. The lowest BCUT2D eigenvalue weighted by Crippen LogP contribution is -2.15. The number of thioether (sulfide) groups is 1. The number of non-ortho nitro benzene ring substituents is 1. The van der Waals surface area contributed by atoms with Gasteiger partial charge < -0.3 is 14.6 Å². The monoisotopic (exact) mass is 475 g/mol. The molecule has 9 nitrogen and oxygen atoms in total. The van der Waals surface area contributed by atoms with Crippen molar-refractivity contribution in [1.82, 2.24) is 14.8 Å². The number of hydrogen-bond acceptors (Lipinski definition) is 7. The largest absolute Gasteiger partial charge is 0.497 e. The summed E-state index contributed by atoms with van der Waals surface area (Å²) in [6.07, 6.45) is 0. The molecule has 0 saturated heterocycles. The van der Waals surface area contributed by atoms with E-state index < -0.39 is 4.92 Å². The Bertz CT molecular complexity index is 1120. The summed E-state index contributed by atoms with van der Waals surface area (Å²) in [6.45, 7) is 4.85. The molecule has 0 spiro atoms. The van der Waals surface area contributed by atoms with E-state index in [9.17, 15) is 14.9 Å². The number of carbonyl (C=O) groups excluding carboxylic acids is 1. The highest BCUT2D eigenvalue weighted by molar-refractivity contribution is 7.99. The molecule has 3 rings (SSSR count). The van der Waals surface area contributed by atoms with Crippen molar-refractivity contribution in [1.29, 1.82) is 0 Å². The highest BCUT2D eigenvalue weighted by Crippen LogP contribution is 2.29. The van der Waals surface area contributed by atoms with Crippen molar-refractivity contribution >= 4 is 40.6 Å². The van der Waals surface area contributed by atoms with Gasteiger partial charge >= 0.3 is 0 Å². The van der Waals surface area contributed by atoms with E-state index in [4.69, 9.17) is 16.3 Å². The number of nitro groups is 1. The molecule has 0 aliphatic carbocycles. The molecule has 0 aliphatic heterocycles. The van der Waals surface area contributed by atoms with Crippen LogP contribution >= 0.6 is 23.4 Å². The summed E-state index contributed by atoms with van der Waals surface area (Å²) in [5, 5.41) is 23.0. The summed E-state index contributed by atoms with van der Waals surface area (Å²) in [5.74, 6) is 1.46. The number of nitro benzene ring substituents is 1. The Hall–Kier alpha value is -3.11. The summed E-state index contributed by atoms with van der Waals surface area (Å²) < 4.78 is 7.19. The van der Waals surface area contributed by atoms with Crippen molar-refractivity contribution in [2.75, 3.05) is 18.2 Å². The third-order valence-corrected chi connectivity index (χ3v) is 5.68. The maximum absolute atomic E-state index is 12.5. The highest BCUT2D eigenvalue weighted by atomic mass is 35.5. The van der Waals surface area contributed by atoms with Crippen molar-refractivity contribution in [2.45, 2.75) is 25.5 Å². The number of benzene rings is 2. The van der Waals surface area contributed by atoms with Gasteiger partial charge in [-0.1, -0.05) is 37.2 Å². The average Bonchev–Trinajstić information content (AvgIpc) is 3.15. The third kappa shape index (κ3) is 5.77. The quantitative estimate of drug-likeness (QED) is 0.266. The molecule has 1 aromatic heterocycles. The van der Waals surface area contributed by atoms with E-state index >= 15 is 0 Å². The zero-order valence-electron chi connectivity index (χ0n) is 17.7. The van der Waals surface area contributed by atoms with Crippen molar-refractivity contribution in [2.24, 2.45) is 5.92 Å². The summed E-state index contributed by atoms with van der Waals surface area (Å²) >= 11 is 7.29. The second kappa shape index (κ2) is 10.5. The first kappa shape index (κ1) is 23.6.